The highest BCUT2D eigenvalue weighted by molar-refractivity contribution is 7.91. The zero-order valence-electron chi connectivity index (χ0n) is 8.92. The molecule has 0 spiro atoms. The molecule has 6 heteroatoms. The summed E-state index contributed by atoms with van der Waals surface area (Å²) in [5.41, 5.74) is 0.412. The summed E-state index contributed by atoms with van der Waals surface area (Å²) in [6.07, 6.45) is 0.215. The standard InChI is InChI=1S/C10H12BNO3S/c1-11(13)7-8-16(14,15)10-5-3-9(12-2)4-6-10/h3-6,13H,7-8H2,1H3. The van der Waals surface area contributed by atoms with E-state index in [0.717, 1.165) is 0 Å². The quantitative estimate of drug-likeness (QED) is 0.639. The lowest BCUT2D eigenvalue weighted by atomic mass is 9.69. The molecule has 0 heterocycles. The van der Waals surface area contributed by atoms with E-state index in [1.807, 2.05) is 0 Å². The second-order valence-electron chi connectivity index (χ2n) is 3.56. The molecule has 0 bridgehead atoms. The van der Waals surface area contributed by atoms with Crippen LogP contribution in [0.2, 0.25) is 13.1 Å². The Morgan fingerprint density at radius 2 is 1.94 bits per heavy atom. The van der Waals surface area contributed by atoms with E-state index in [0.29, 0.717) is 5.69 Å². The summed E-state index contributed by atoms with van der Waals surface area (Å²) in [4.78, 5) is 3.38. The summed E-state index contributed by atoms with van der Waals surface area (Å²) in [5.74, 6) is -0.0813. The monoisotopic (exact) mass is 237 g/mol. The summed E-state index contributed by atoms with van der Waals surface area (Å²) in [6.45, 7) is 7.68. The van der Waals surface area contributed by atoms with Crippen LogP contribution in [0.5, 0.6) is 0 Å². The number of hydrogen-bond acceptors (Lipinski definition) is 3. The number of benzene rings is 1. The lowest BCUT2D eigenvalue weighted by molar-refractivity contribution is 0.573. The Morgan fingerprint density at radius 3 is 2.38 bits per heavy atom. The SMILES string of the molecule is [C-]#[N+]c1ccc(S(=O)(=O)CCB(C)O)cc1. The number of rotatable bonds is 4. The molecule has 0 radical (unpaired) electrons. The van der Waals surface area contributed by atoms with Crippen LogP contribution in [-0.4, -0.2) is 26.1 Å². The van der Waals surface area contributed by atoms with Gasteiger partial charge in [0.05, 0.1) is 17.2 Å². The molecule has 84 valence electrons. The third kappa shape index (κ3) is 3.37. The third-order valence-corrected chi connectivity index (χ3v) is 3.89. The van der Waals surface area contributed by atoms with Crippen molar-refractivity contribution in [1.29, 1.82) is 0 Å². The lowest BCUT2D eigenvalue weighted by Crippen LogP contribution is -2.14. The fourth-order valence-corrected chi connectivity index (χ4v) is 2.61. The summed E-state index contributed by atoms with van der Waals surface area (Å²) < 4.78 is 23.5. The molecule has 0 fully saturated rings. The molecule has 0 unspecified atom stereocenters. The molecule has 0 aromatic heterocycles. The van der Waals surface area contributed by atoms with Gasteiger partial charge in [-0.1, -0.05) is 31.1 Å². The fourth-order valence-electron chi connectivity index (χ4n) is 1.17. The Kier molecular flexibility index (Phi) is 4.10. The fraction of sp³-hybridized carbons (Fsp3) is 0.300. The van der Waals surface area contributed by atoms with Gasteiger partial charge >= 0.3 is 0 Å². The molecule has 0 aliphatic carbocycles. The second-order valence-corrected chi connectivity index (χ2v) is 5.67. The molecular weight excluding hydrogens is 225 g/mol. The van der Waals surface area contributed by atoms with Crippen LogP contribution in [0.4, 0.5) is 5.69 Å². The van der Waals surface area contributed by atoms with Crippen LogP contribution in [0.3, 0.4) is 0 Å². The van der Waals surface area contributed by atoms with E-state index in [1.54, 1.807) is 6.82 Å². The molecule has 1 aromatic rings. The number of sulfone groups is 1. The molecule has 1 aromatic carbocycles. The number of nitrogens with zero attached hydrogens (tertiary/aromatic N) is 1. The van der Waals surface area contributed by atoms with Crippen LogP contribution in [0.1, 0.15) is 0 Å². The minimum absolute atomic E-state index is 0.0813. The Bertz CT molecular complexity index is 488. The van der Waals surface area contributed by atoms with Crippen LogP contribution in [-0.2, 0) is 9.84 Å². The first-order valence-electron chi connectivity index (χ1n) is 4.84. The molecule has 0 saturated carbocycles. The topological polar surface area (TPSA) is 58.7 Å². The molecule has 1 N–H and O–H groups in total. The molecule has 4 nitrogen and oxygen atoms in total. The Hall–Kier alpha value is -1.32. The van der Waals surface area contributed by atoms with Crippen molar-refractivity contribution in [3.63, 3.8) is 0 Å². The van der Waals surface area contributed by atoms with E-state index in [2.05, 4.69) is 4.85 Å². The highest BCUT2D eigenvalue weighted by Gasteiger charge is 2.16. The normalized spacial score (nSPS) is 10.8. The lowest BCUT2D eigenvalue weighted by Gasteiger charge is -2.04. The predicted molar refractivity (Wildman–Crippen MR) is 63.4 cm³/mol. The molecule has 0 aliphatic rings. The molecule has 16 heavy (non-hydrogen) atoms. The predicted octanol–water partition coefficient (Wildman–Crippen LogP) is 1.62. The minimum atomic E-state index is -3.34. The highest BCUT2D eigenvalue weighted by atomic mass is 32.2. The summed E-state index contributed by atoms with van der Waals surface area (Å²) in [7, 11) is -3.34. The summed E-state index contributed by atoms with van der Waals surface area (Å²) in [6, 6.07) is 5.79. The van der Waals surface area contributed by atoms with Crippen molar-refractivity contribution in [3.8, 4) is 0 Å². The van der Waals surface area contributed by atoms with Gasteiger partial charge in [-0.15, -0.1) is 0 Å². The molecule has 0 amide bonds. The second kappa shape index (κ2) is 5.15. The maximum absolute atomic E-state index is 11.7. The van der Waals surface area contributed by atoms with Gasteiger partial charge in [-0.25, -0.2) is 13.3 Å². The van der Waals surface area contributed by atoms with Crippen molar-refractivity contribution in [2.45, 2.75) is 18.0 Å². The molecule has 0 aliphatic heterocycles. The first-order chi connectivity index (χ1) is 7.45. The van der Waals surface area contributed by atoms with Gasteiger partial charge in [-0.2, -0.15) is 0 Å². The van der Waals surface area contributed by atoms with E-state index in [4.69, 9.17) is 11.6 Å². The van der Waals surface area contributed by atoms with Gasteiger partial charge in [0.2, 0.25) is 0 Å². The zero-order valence-corrected chi connectivity index (χ0v) is 9.74. The van der Waals surface area contributed by atoms with Crippen molar-refractivity contribution in [2.24, 2.45) is 0 Å². The van der Waals surface area contributed by atoms with Gasteiger partial charge in [-0.3, -0.25) is 0 Å². The van der Waals surface area contributed by atoms with Crippen molar-refractivity contribution in [1.82, 2.24) is 0 Å². The Morgan fingerprint density at radius 1 is 1.38 bits per heavy atom. The van der Waals surface area contributed by atoms with Crippen LogP contribution >= 0.6 is 0 Å². The molecular formula is C10H12BNO3S. The number of hydrogen-bond donors (Lipinski definition) is 1. The van der Waals surface area contributed by atoms with Crippen molar-refractivity contribution >= 4 is 22.4 Å². The van der Waals surface area contributed by atoms with E-state index in [1.165, 1.54) is 24.3 Å². The average molecular weight is 237 g/mol. The van der Waals surface area contributed by atoms with Crippen LogP contribution in [0.15, 0.2) is 29.2 Å². The van der Waals surface area contributed by atoms with Crippen LogP contribution in [0, 0.1) is 6.57 Å². The van der Waals surface area contributed by atoms with Crippen molar-refractivity contribution in [3.05, 3.63) is 35.7 Å². The first kappa shape index (κ1) is 12.8. The van der Waals surface area contributed by atoms with E-state index >= 15 is 0 Å². The van der Waals surface area contributed by atoms with Gasteiger partial charge in [0.1, 0.15) is 0 Å². The Balaban J connectivity index is 2.87. The van der Waals surface area contributed by atoms with E-state index in [9.17, 15) is 8.42 Å². The molecule has 1 rings (SSSR count). The average Bonchev–Trinajstić information content (AvgIpc) is 2.27. The van der Waals surface area contributed by atoms with Gasteiger partial charge in [0, 0.05) is 0 Å². The van der Waals surface area contributed by atoms with E-state index in [-0.39, 0.29) is 17.0 Å². The van der Waals surface area contributed by atoms with E-state index < -0.39 is 16.8 Å². The molecule has 0 saturated heterocycles. The minimum Gasteiger partial charge on any atom is -0.451 e. The third-order valence-electron chi connectivity index (χ3n) is 2.13. The van der Waals surface area contributed by atoms with Gasteiger partial charge in [0.15, 0.2) is 15.5 Å². The maximum atomic E-state index is 11.7. The largest absolute Gasteiger partial charge is 0.451 e. The van der Waals surface area contributed by atoms with Gasteiger partial charge in [-0.05, 0) is 6.32 Å². The van der Waals surface area contributed by atoms with Crippen LogP contribution in [0.25, 0.3) is 4.85 Å². The maximum Gasteiger partial charge on any atom is 0.286 e. The summed E-state index contributed by atoms with van der Waals surface area (Å²) >= 11 is 0. The van der Waals surface area contributed by atoms with Crippen LogP contribution < -0.4 is 0 Å². The highest BCUT2D eigenvalue weighted by Crippen LogP contribution is 2.18. The molecule has 0 atom stereocenters. The van der Waals surface area contributed by atoms with Crippen molar-refractivity contribution < 1.29 is 13.4 Å². The first-order valence-corrected chi connectivity index (χ1v) is 6.49. The van der Waals surface area contributed by atoms with Gasteiger partial charge < -0.3 is 5.02 Å². The summed E-state index contributed by atoms with van der Waals surface area (Å²) in [5, 5.41) is 9.04. The van der Waals surface area contributed by atoms with Gasteiger partial charge in [0.25, 0.3) is 6.92 Å². The zero-order chi connectivity index (χ0) is 12.2. The van der Waals surface area contributed by atoms with Crippen molar-refractivity contribution in [2.75, 3.05) is 5.75 Å². The Labute approximate surface area is 95.8 Å². The smallest absolute Gasteiger partial charge is 0.286 e.